The molecule has 166 valence electrons. The van der Waals surface area contributed by atoms with Crippen molar-refractivity contribution in [3.05, 3.63) is 35.9 Å². The molecule has 7 heteroatoms. The number of hydrogen-bond acceptors (Lipinski definition) is 5. The third-order valence-corrected chi connectivity index (χ3v) is 5.78. The molecule has 30 heavy (non-hydrogen) atoms. The number of rotatable bonds is 6. The van der Waals surface area contributed by atoms with Gasteiger partial charge in [0.1, 0.15) is 5.60 Å². The van der Waals surface area contributed by atoms with Gasteiger partial charge in [-0.05, 0) is 46.1 Å². The molecule has 0 spiro atoms. The smallest absolute Gasteiger partial charge is 0.410 e. The van der Waals surface area contributed by atoms with E-state index in [4.69, 9.17) is 9.47 Å². The first-order valence-electron chi connectivity index (χ1n) is 10.8. The van der Waals surface area contributed by atoms with Crippen molar-refractivity contribution in [1.29, 1.82) is 0 Å². The van der Waals surface area contributed by atoms with Crippen LogP contribution >= 0.6 is 0 Å². The molecule has 0 radical (unpaired) electrons. The van der Waals surface area contributed by atoms with Gasteiger partial charge in [0, 0.05) is 44.4 Å². The van der Waals surface area contributed by atoms with E-state index in [0.717, 1.165) is 12.8 Å². The predicted octanol–water partition coefficient (Wildman–Crippen LogP) is 2.87. The summed E-state index contributed by atoms with van der Waals surface area (Å²) in [6.45, 7) is 10.4. The fourth-order valence-electron chi connectivity index (χ4n) is 3.94. The molecule has 2 aliphatic rings. The second-order valence-corrected chi connectivity index (χ2v) is 9.47. The molecular weight excluding hydrogens is 382 g/mol. The molecule has 2 fully saturated rings. The number of nitrogens with one attached hydrogen (secondary N) is 2. The normalized spacial score (nSPS) is 20.2. The first-order chi connectivity index (χ1) is 14.2. The molecule has 0 aliphatic carbocycles. The minimum atomic E-state index is -0.527. The summed E-state index contributed by atoms with van der Waals surface area (Å²) in [6.07, 6.45) is 1.34. The highest BCUT2D eigenvalue weighted by Crippen LogP contribution is 2.26. The molecule has 7 nitrogen and oxygen atoms in total. The second-order valence-electron chi connectivity index (χ2n) is 9.47. The Morgan fingerprint density at radius 3 is 2.43 bits per heavy atom. The third-order valence-electron chi connectivity index (χ3n) is 5.78. The summed E-state index contributed by atoms with van der Waals surface area (Å²) in [6, 6.07) is 10.5. The number of carbonyl (C=O) groups is 2. The molecular formula is C23H35N3O4. The maximum Gasteiger partial charge on any atom is 0.410 e. The Kier molecular flexibility index (Phi) is 7.03. The van der Waals surface area contributed by atoms with E-state index in [0.29, 0.717) is 32.8 Å². The maximum absolute atomic E-state index is 12.7. The van der Waals surface area contributed by atoms with E-state index in [1.54, 1.807) is 4.90 Å². The molecule has 1 aromatic rings. The summed E-state index contributed by atoms with van der Waals surface area (Å²) in [7, 11) is 0. The number of hydrogen-bond donors (Lipinski definition) is 2. The highest BCUT2D eigenvalue weighted by molar-refractivity contribution is 5.82. The molecule has 2 heterocycles. The Labute approximate surface area is 179 Å². The lowest BCUT2D eigenvalue weighted by Crippen LogP contribution is -2.61. The lowest BCUT2D eigenvalue weighted by atomic mass is 9.87. The summed E-state index contributed by atoms with van der Waals surface area (Å²) in [5.41, 5.74) is 0.500. The molecule has 3 rings (SSSR count). The number of carbonyl (C=O) groups excluding carboxylic acids is 2. The number of ether oxygens (including phenoxy) is 2. The number of likely N-dealkylation sites (tertiary alicyclic amines) is 1. The quantitative estimate of drug-likeness (QED) is 0.744. The van der Waals surface area contributed by atoms with Crippen LogP contribution in [0.5, 0.6) is 0 Å². The summed E-state index contributed by atoms with van der Waals surface area (Å²) < 4.78 is 10.9. The molecule has 2 N–H and O–H groups in total. The van der Waals surface area contributed by atoms with Crippen LogP contribution in [0.2, 0.25) is 0 Å². The summed E-state index contributed by atoms with van der Waals surface area (Å²) in [5, 5.41) is 6.88. The zero-order chi connectivity index (χ0) is 21.8. The van der Waals surface area contributed by atoms with Gasteiger partial charge in [-0.15, -0.1) is 0 Å². The van der Waals surface area contributed by atoms with Gasteiger partial charge >= 0.3 is 6.09 Å². The van der Waals surface area contributed by atoms with E-state index in [-0.39, 0.29) is 29.5 Å². The highest BCUT2D eigenvalue weighted by atomic mass is 16.6. The van der Waals surface area contributed by atoms with Crippen molar-refractivity contribution in [1.82, 2.24) is 15.5 Å². The van der Waals surface area contributed by atoms with E-state index in [1.165, 1.54) is 5.56 Å². The van der Waals surface area contributed by atoms with Crippen molar-refractivity contribution >= 4 is 12.0 Å². The van der Waals surface area contributed by atoms with Crippen molar-refractivity contribution in [3.63, 3.8) is 0 Å². The average Bonchev–Trinajstić information content (AvgIpc) is 2.65. The monoisotopic (exact) mass is 417 g/mol. The Bertz CT molecular complexity index is 720. The van der Waals surface area contributed by atoms with Gasteiger partial charge < -0.3 is 25.0 Å². The number of nitrogens with zero attached hydrogens (tertiary/aromatic N) is 1. The van der Waals surface area contributed by atoms with Gasteiger partial charge in [-0.1, -0.05) is 30.3 Å². The topological polar surface area (TPSA) is 79.9 Å². The third kappa shape index (κ3) is 5.95. The van der Waals surface area contributed by atoms with E-state index < -0.39 is 5.60 Å². The van der Waals surface area contributed by atoms with E-state index >= 15 is 0 Å². The van der Waals surface area contributed by atoms with Crippen LogP contribution in [-0.2, 0) is 14.3 Å². The van der Waals surface area contributed by atoms with Crippen molar-refractivity contribution in [2.24, 2.45) is 5.92 Å². The van der Waals surface area contributed by atoms with Crippen LogP contribution in [0, 0.1) is 5.92 Å². The van der Waals surface area contributed by atoms with Gasteiger partial charge in [-0.2, -0.15) is 0 Å². The molecule has 0 aromatic heterocycles. The van der Waals surface area contributed by atoms with Gasteiger partial charge in [0.2, 0.25) is 5.91 Å². The van der Waals surface area contributed by atoms with Gasteiger partial charge in [-0.25, -0.2) is 4.79 Å². The van der Waals surface area contributed by atoms with Crippen LogP contribution in [0.15, 0.2) is 30.3 Å². The van der Waals surface area contributed by atoms with Crippen LogP contribution < -0.4 is 10.6 Å². The molecule has 1 atom stereocenters. The molecule has 2 aliphatic heterocycles. The fraction of sp³-hybridized carbons (Fsp3) is 0.652. The minimum Gasteiger partial charge on any atom is -0.444 e. The van der Waals surface area contributed by atoms with Crippen molar-refractivity contribution in [2.45, 2.75) is 57.7 Å². The molecule has 0 bridgehead atoms. The molecule has 1 aromatic carbocycles. The van der Waals surface area contributed by atoms with Crippen molar-refractivity contribution < 1.29 is 19.1 Å². The average molecular weight is 418 g/mol. The fourth-order valence-corrected chi connectivity index (χ4v) is 3.94. The SMILES string of the molecule is CC(NC1(CNC(=O)C2CN(C(=O)OC(C)(C)C)C2)CCOCC1)c1ccccc1. The second kappa shape index (κ2) is 9.35. The van der Waals surface area contributed by atoms with Crippen LogP contribution in [0.25, 0.3) is 0 Å². The predicted molar refractivity (Wildman–Crippen MR) is 115 cm³/mol. The van der Waals surface area contributed by atoms with Gasteiger partial charge in [0.05, 0.1) is 5.92 Å². The Balaban J connectivity index is 1.51. The number of benzene rings is 1. The van der Waals surface area contributed by atoms with Crippen LogP contribution in [0.3, 0.4) is 0 Å². The van der Waals surface area contributed by atoms with Gasteiger partial charge in [0.25, 0.3) is 0 Å². The summed E-state index contributed by atoms with van der Waals surface area (Å²) in [5.74, 6) is -0.184. The lowest BCUT2D eigenvalue weighted by molar-refractivity contribution is -0.130. The Morgan fingerprint density at radius 2 is 1.83 bits per heavy atom. The van der Waals surface area contributed by atoms with Crippen LogP contribution in [-0.4, -0.2) is 60.9 Å². The van der Waals surface area contributed by atoms with Crippen molar-refractivity contribution in [3.8, 4) is 0 Å². The Morgan fingerprint density at radius 1 is 1.20 bits per heavy atom. The molecule has 2 saturated heterocycles. The highest BCUT2D eigenvalue weighted by Gasteiger charge is 2.40. The molecule has 2 amide bonds. The zero-order valence-corrected chi connectivity index (χ0v) is 18.6. The molecule has 1 unspecified atom stereocenters. The van der Waals surface area contributed by atoms with E-state index in [2.05, 4.69) is 29.7 Å². The van der Waals surface area contributed by atoms with Crippen molar-refractivity contribution in [2.75, 3.05) is 32.8 Å². The first-order valence-corrected chi connectivity index (χ1v) is 10.8. The standard InChI is InChI=1S/C23H35N3O4/c1-17(18-8-6-5-7-9-18)25-23(10-12-29-13-11-23)16-24-20(27)19-14-26(15-19)21(28)30-22(2,3)4/h5-9,17,19,25H,10-16H2,1-4H3,(H,24,27). The van der Waals surface area contributed by atoms with E-state index in [1.807, 2.05) is 39.0 Å². The molecule has 0 saturated carbocycles. The van der Waals surface area contributed by atoms with Crippen LogP contribution in [0.1, 0.15) is 52.1 Å². The Hall–Kier alpha value is -2.12. The largest absolute Gasteiger partial charge is 0.444 e. The summed E-state index contributed by atoms with van der Waals surface area (Å²) in [4.78, 5) is 26.3. The van der Waals surface area contributed by atoms with Crippen LogP contribution in [0.4, 0.5) is 4.79 Å². The summed E-state index contributed by atoms with van der Waals surface area (Å²) >= 11 is 0. The van der Waals surface area contributed by atoms with Gasteiger partial charge in [0.15, 0.2) is 0 Å². The number of amides is 2. The first kappa shape index (κ1) is 22.6. The minimum absolute atomic E-state index is 0.00478. The zero-order valence-electron chi connectivity index (χ0n) is 18.6. The lowest BCUT2D eigenvalue weighted by Gasteiger charge is -2.42. The van der Waals surface area contributed by atoms with E-state index in [9.17, 15) is 9.59 Å². The maximum atomic E-state index is 12.7. The van der Waals surface area contributed by atoms with Gasteiger partial charge in [-0.3, -0.25) is 4.79 Å².